The summed E-state index contributed by atoms with van der Waals surface area (Å²) in [4.78, 5) is 2.46. The second-order valence-corrected chi connectivity index (χ2v) is 6.44. The molecule has 2 N–H and O–H groups in total. The monoisotopic (exact) mass is 288 g/mol. The van der Waals surface area contributed by atoms with E-state index in [0.717, 1.165) is 52.0 Å². The Morgan fingerprint density at radius 2 is 2.00 bits per heavy atom. The normalized spacial score (nSPS) is 15.0. The number of methoxy groups -OCH3 is 1. The fraction of sp³-hybridized carbons (Fsp3) is 1.00. The summed E-state index contributed by atoms with van der Waals surface area (Å²) in [7, 11) is 1.76. The zero-order chi connectivity index (χ0) is 15.4. The van der Waals surface area contributed by atoms with Crippen molar-refractivity contribution < 1.29 is 9.84 Å². The molecular weight excluding hydrogens is 252 g/mol. The smallest absolute Gasteiger partial charge is 0.0610 e. The van der Waals surface area contributed by atoms with Crippen LogP contribution in [0, 0.1) is 5.92 Å². The van der Waals surface area contributed by atoms with Gasteiger partial charge in [-0.15, -0.1) is 0 Å². The molecule has 4 nitrogen and oxygen atoms in total. The Morgan fingerprint density at radius 1 is 1.30 bits per heavy atom. The van der Waals surface area contributed by atoms with Gasteiger partial charge in [-0.05, 0) is 45.2 Å². The molecule has 0 saturated carbocycles. The molecule has 0 aliphatic carbocycles. The first-order valence-electron chi connectivity index (χ1n) is 8.04. The van der Waals surface area contributed by atoms with Crippen LogP contribution in [-0.2, 0) is 4.74 Å². The number of ether oxygens (including phenoxy) is 1. The summed E-state index contributed by atoms with van der Waals surface area (Å²) in [6.45, 7) is 13.9. The number of hydrogen-bond acceptors (Lipinski definition) is 4. The van der Waals surface area contributed by atoms with E-state index < -0.39 is 0 Å². The molecule has 0 radical (unpaired) electrons. The Hall–Kier alpha value is -0.160. The number of hydrogen-bond donors (Lipinski definition) is 2. The van der Waals surface area contributed by atoms with Gasteiger partial charge in [-0.3, -0.25) is 0 Å². The van der Waals surface area contributed by atoms with Crippen LogP contribution in [0.1, 0.15) is 47.0 Å². The molecule has 122 valence electrons. The molecule has 4 heteroatoms. The third-order valence-corrected chi connectivity index (χ3v) is 3.59. The van der Waals surface area contributed by atoms with Gasteiger partial charge in [0, 0.05) is 25.7 Å². The summed E-state index contributed by atoms with van der Waals surface area (Å²) >= 11 is 0. The molecule has 1 atom stereocenters. The van der Waals surface area contributed by atoms with Gasteiger partial charge in [0.25, 0.3) is 0 Å². The lowest BCUT2D eigenvalue weighted by Crippen LogP contribution is -2.46. The van der Waals surface area contributed by atoms with Crippen molar-refractivity contribution in [1.82, 2.24) is 10.2 Å². The number of nitrogens with zero attached hydrogens (tertiary/aromatic N) is 1. The maximum Gasteiger partial charge on any atom is 0.0610 e. The maximum atomic E-state index is 9.57. The number of aliphatic hydroxyl groups excluding tert-OH is 1. The topological polar surface area (TPSA) is 44.7 Å². The van der Waals surface area contributed by atoms with Crippen molar-refractivity contribution >= 4 is 0 Å². The maximum absolute atomic E-state index is 9.57. The predicted octanol–water partition coefficient (Wildman–Crippen LogP) is 2.12. The van der Waals surface area contributed by atoms with Gasteiger partial charge in [-0.25, -0.2) is 0 Å². The summed E-state index contributed by atoms with van der Waals surface area (Å²) in [6.07, 6.45) is 3.21. The summed E-state index contributed by atoms with van der Waals surface area (Å²) in [5, 5.41) is 13.0. The fourth-order valence-corrected chi connectivity index (χ4v) is 2.37. The molecule has 0 amide bonds. The van der Waals surface area contributed by atoms with Crippen LogP contribution >= 0.6 is 0 Å². The van der Waals surface area contributed by atoms with Crippen molar-refractivity contribution in [3.05, 3.63) is 0 Å². The van der Waals surface area contributed by atoms with E-state index in [2.05, 4.69) is 37.9 Å². The fourth-order valence-electron chi connectivity index (χ4n) is 2.37. The van der Waals surface area contributed by atoms with Crippen LogP contribution < -0.4 is 5.32 Å². The Balaban J connectivity index is 4.11. The lowest BCUT2D eigenvalue weighted by Gasteiger charge is -2.31. The number of rotatable bonds is 13. The Kier molecular flexibility index (Phi) is 11.4. The van der Waals surface area contributed by atoms with E-state index in [1.807, 2.05) is 0 Å². The lowest BCUT2D eigenvalue weighted by molar-refractivity contribution is 0.128. The summed E-state index contributed by atoms with van der Waals surface area (Å²) < 4.78 is 5.18. The highest BCUT2D eigenvalue weighted by Gasteiger charge is 2.22. The van der Waals surface area contributed by atoms with Gasteiger partial charge in [0.1, 0.15) is 0 Å². The molecule has 0 aromatic heterocycles. The van der Waals surface area contributed by atoms with Crippen molar-refractivity contribution in [2.24, 2.45) is 5.92 Å². The average molecular weight is 288 g/mol. The van der Waals surface area contributed by atoms with Gasteiger partial charge >= 0.3 is 0 Å². The van der Waals surface area contributed by atoms with Crippen LogP contribution in [0.3, 0.4) is 0 Å². The van der Waals surface area contributed by atoms with Gasteiger partial charge in [0.15, 0.2) is 0 Å². The summed E-state index contributed by atoms with van der Waals surface area (Å²) in [5.74, 6) is 0.675. The molecule has 1 unspecified atom stereocenters. The molecule has 0 aromatic rings. The first-order chi connectivity index (χ1) is 9.47. The molecule has 0 saturated heterocycles. The molecule has 0 fully saturated rings. The SMILES string of the molecule is CCCNC(C)(CO)CCCN(CCOC)CC(C)C. The summed E-state index contributed by atoms with van der Waals surface area (Å²) in [6, 6.07) is 0. The van der Waals surface area contributed by atoms with Gasteiger partial charge in [0.2, 0.25) is 0 Å². The summed E-state index contributed by atoms with van der Waals surface area (Å²) in [5.41, 5.74) is -0.138. The minimum Gasteiger partial charge on any atom is -0.394 e. The quantitative estimate of drug-likeness (QED) is 0.545. The van der Waals surface area contributed by atoms with Crippen molar-refractivity contribution in [2.45, 2.75) is 52.5 Å². The second kappa shape index (κ2) is 11.5. The second-order valence-electron chi connectivity index (χ2n) is 6.44. The van der Waals surface area contributed by atoms with E-state index >= 15 is 0 Å². The van der Waals surface area contributed by atoms with Crippen LogP contribution in [0.5, 0.6) is 0 Å². The molecule has 0 spiro atoms. The van der Waals surface area contributed by atoms with Gasteiger partial charge < -0.3 is 20.1 Å². The van der Waals surface area contributed by atoms with Crippen molar-refractivity contribution in [2.75, 3.05) is 46.5 Å². The van der Waals surface area contributed by atoms with Gasteiger partial charge in [-0.2, -0.15) is 0 Å². The van der Waals surface area contributed by atoms with E-state index in [1.54, 1.807) is 7.11 Å². The highest BCUT2D eigenvalue weighted by atomic mass is 16.5. The molecule has 0 aromatic carbocycles. The van der Waals surface area contributed by atoms with Crippen molar-refractivity contribution in [3.63, 3.8) is 0 Å². The molecule has 0 bridgehead atoms. The average Bonchev–Trinajstić information content (AvgIpc) is 2.41. The van der Waals surface area contributed by atoms with E-state index in [9.17, 15) is 5.11 Å². The van der Waals surface area contributed by atoms with Crippen LogP contribution in [-0.4, -0.2) is 62.0 Å². The zero-order valence-corrected chi connectivity index (χ0v) is 14.2. The van der Waals surface area contributed by atoms with Crippen LogP contribution in [0.2, 0.25) is 0 Å². The van der Waals surface area contributed by atoms with Crippen LogP contribution in [0.4, 0.5) is 0 Å². The van der Waals surface area contributed by atoms with Crippen molar-refractivity contribution in [3.8, 4) is 0 Å². The van der Waals surface area contributed by atoms with Crippen LogP contribution in [0.25, 0.3) is 0 Å². The number of aliphatic hydroxyl groups is 1. The van der Waals surface area contributed by atoms with E-state index in [4.69, 9.17) is 4.74 Å². The minimum absolute atomic E-state index is 0.138. The third-order valence-electron chi connectivity index (χ3n) is 3.59. The zero-order valence-electron chi connectivity index (χ0n) is 14.2. The standard InChI is InChI=1S/C16H36N2O2/c1-6-9-17-16(4,14-19)8-7-10-18(11-12-20-5)13-15(2)3/h15,17,19H,6-14H2,1-5H3. The first kappa shape index (κ1) is 19.8. The van der Waals surface area contributed by atoms with E-state index in [0.29, 0.717) is 5.92 Å². The highest BCUT2D eigenvalue weighted by molar-refractivity contribution is 4.82. The largest absolute Gasteiger partial charge is 0.394 e. The molecule has 0 aliphatic rings. The highest BCUT2D eigenvalue weighted by Crippen LogP contribution is 2.13. The first-order valence-corrected chi connectivity index (χ1v) is 8.04. The van der Waals surface area contributed by atoms with E-state index in [1.165, 1.54) is 0 Å². The Bertz CT molecular complexity index is 225. The number of nitrogens with one attached hydrogen (secondary N) is 1. The molecule has 0 rings (SSSR count). The van der Waals surface area contributed by atoms with Crippen molar-refractivity contribution in [1.29, 1.82) is 0 Å². The molecule has 0 aliphatic heterocycles. The van der Waals surface area contributed by atoms with Crippen LogP contribution in [0.15, 0.2) is 0 Å². The van der Waals surface area contributed by atoms with E-state index in [-0.39, 0.29) is 12.1 Å². The molecule has 0 heterocycles. The Labute approximate surface area is 125 Å². The lowest BCUT2D eigenvalue weighted by atomic mass is 9.96. The molecule has 20 heavy (non-hydrogen) atoms. The molecular formula is C16H36N2O2. The van der Waals surface area contributed by atoms with Gasteiger partial charge in [-0.1, -0.05) is 20.8 Å². The minimum atomic E-state index is -0.138. The Morgan fingerprint density at radius 3 is 2.50 bits per heavy atom. The van der Waals surface area contributed by atoms with Gasteiger partial charge in [0.05, 0.1) is 13.2 Å². The third kappa shape index (κ3) is 9.70. The predicted molar refractivity (Wildman–Crippen MR) is 86.2 cm³/mol.